The number of aryl methyl sites for hydroxylation is 1. The fraction of sp³-hybridized carbons (Fsp3) is 0.364. The maximum Gasteiger partial charge on any atom is 0.254 e. The van der Waals surface area contributed by atoms with Gasteiger partial charge in [-0.05, 0) is 31.0 Å². The van der Waals surface area contributed by atoms with Crippen LogP contribution in [0, 0.1) is 12.7 Å². The van der Waals surface area contributed by atoms with Gasteiger partial charge >= 0.3 is 0 Å². The van der Waals surface area contributed by atoms with Crippen molar-refractivity contribution in [3.05, 3.63) is 33.5 Å². The van der Waals surface area contributed by atoms with Crippen molar-refractivity contribution >= 4 is 21.8 Å². The predicted octanol–water partition coefficient (Wildman–Crippen LogP) is 3.04. The SMILES string of the molecule is CCCNC(=O)c1cc(Br)c(C)cc1F. The Labute approximate surface area is 97.0 Å². The van der Waals surface area contributed by atoms with Crippen molar-refractivity contribution < 1.29 is 9.18 Å². The predicted molar refractivity (Wildman–Crippen MR) is 61.5 cm³/mol. The van der Waals surface area contributed by atoms with Crippen LogP contribution in [0.5, 0.6) is 0 Å². The molecule has 0 aliphatic carbocycles. The number of halogens is 2. The summed E-state index contributed by atoms with van der Waals surface area (Å²) >= 11 is 3.27. The van der Waals surface area contributed by atoms with Crippen molar-refractivity contribution in [2.45, 2.75) is 20.3 Å². The van der Waals surface area contributed by atoms with Crippen LogP contribution >= 0.6 is 15.9 Å². The third-order valence-corrected chi connectivity index (χ3v) is 2.88. The third-order valence-electron chi connectivity index (χ3n) is 2.03. The van der Waals surface area contributed by atoms with Crippen LogP contribution in [0.3, 0.4) is 0 Å². The van der Waals surface area contributed by atoms with Crippen LogP contribution in [0.15, 0.2) is 16.6 Å². The van der Waals surface area contributed by atoms with E-state index in [1.165, 1.54) is 12.1 Å². The van der Waals surface area contributed by atoms with Crippen molar-refractivity contribution in [3.8, 4) is 0 Å². The summed E-state index contributed by atoms with van der Waals surface area (Å²) in [4.78, 5) is 11.5. The van der Waals surface area contributed by atoms with Crippen molar-refractivity contribution in [2.24, 2.45) is 0 Å². The lowest BCUT2D eigenvalue weighted by Crippen LogP contribution is -2.25. The number of hydrogen-bond acceptors (Lipinski definition) is 1. The molecule has 2 nitrogen and oxygen atoms in total. The minimum Gasteiger partial charge on any atom is -0.352 e. The molecular formula is C11H13BrFNO. The van der Waals surface area contributed by atoms with E-state index in [2.05, 4.69) is 21.2 Å². The summed E-state index contributed by atoms with van der Waals surface area (Å²) in [7, 11) is 0. The van der Waals surface area contributed by atoms with Gasteiger partial charge in [0.1, 0.15) is 5.82 Å². The molecular weight excluding hydrogens is 261 g/mol. The zero-order valence-electron chi connectivity index (χ0n) is 8.73. The molecule has 1 amide bonds. The Morgan fingerprint density at radius 1 is 1.53 bits per heavy atom. The molecule has 0 aliphatic rings. The Morgan fingerprint density at radius 3 is 2.80 bits per heavy atom. The van der Waals surface area contributed by atoms with E-state index < -0.39 is 5.82 Å². The summed E-state index contributed by atoms with van der Waals surface area (Å²) in [6.45, 7) is 4.28. The van der Waals surface area contributed by atoms with Crippen LogP contribution < -0.4 is 5.32 Å². The molecule has 1 rings (SSSR count). The van der Waals surface area contributed by atoms with Crippen molar-refractivity contribution in [3.63, 3.8) is 0 Å². The number of carbonyl (C=O) groups excluding carboxylic acids is 1. The molecule has 0 radical (unpaired) electrons. The monoisotopic (exact) mass is 273 g/mol. The average Bonchev–Trinajstić information content (AvgIpc) is 2.20. The fourth-order valence-corrected chi connectivity index (χ4v) is 1.50. The van der Waals surface area contributed by atoms with Crippen LogP contribution in [-0.2, 0) is 0 Å². The lowest BCUT2D eigenvalue weighted by atomic mass is 10.1. The van der Waals surface area contributed by atoms with Gasteiger partial charge in [-0.25, -0.2) is 4.39 Å². The Balaban J connectivity index is 2.94. The molecule has 0 aromatic heterocycles. The van der Waals surface area contributed by atoms with E-state index in [0.29, 0.717) is 6.54 Å². The van der Waals surface area contributed by atoms with Crippen LogP contribution in [0.4, 0.5) is 4.39 Å². The van der Waals surface area contributed by atoms with Gasteiger partial charge in [0, 0.05) is 11.0 Å². The molecule has 4 heteroatoms. The van der Waals surface area contributed by atoms with E-state index >= 15 is 0 Å². The first-order valence-corrected chi connectivity index (χ1v) is 5.59. The highest BCUT2D eigenvalue weighted by Gasteiger charge is 2.12. The molecule has 0 bridgehead atoms. The second kappa shape index (κ2) is 5.26. The Bertz CT molecular complexity index is 379. The minimum absolute atomic E-state index is 0.0842. The Hall–Kier alpha value is -0.900. The third kappa shape index (κ3) is 3.02. The highest BCUT2D eigenvalue weighted by molar-refractivity contribution is 9.10. The van der Waals surface area contributed by atoms with E-state index in [1.807, 2.05) is 6.92 Å². The van der Waals surface area contributed by atoms with Gasteiger partial charge < -0.3 is 5.32 Å². The van der Waals surface area contributed by atoms with Gasteiger partial charge in [0.15, 0.2) is 0 Å². The number of amides is 1. The largest absolute Gasteiger partial charge is 0.352 e. The zero-order chi connectivity index (χ0) is 11.4. The zero-order valence-corrected chi connectivity index (χ0v) is 10.3. The van der Waals surface area contributed by atoms with E-state index in [9.17, 15) is 9.18 Å². The van der Waals surface area contributed by atoms with E-state index in [4.69, 9.17) is 0 Å². The molecule has 82 valence electrons. The average molecular weight is 274 g/mol. The number of benzene rings is 1. The van der Waals surface area contributed by atoms with Gasteiger partial charge in [0.2, 0.25) is 0 Å². The fourth-order valence-electron chi connectivity index (χ4n) is 1.15. The molecule has 0 unspecified atom stereocenters. The molecule has 0 atom stereocenters. The molecule has 15 heavy (non-hydrogen) atoms. The van der Waals surface area contributed by atoms with E-state index in [1.54, 1.807) is 6.92 Å². The summed E-state index contributed by atoms with van der Waals surface area (Å²) in [6.07, 6.45) is 0.834. The van der Waals surface area contributed by atoms with Crippen molar-refractivity contribution in [1.29, 1.82) is 0 Å². The molecule has 0 fully saturated rings. The highest BCUT2D eigenvalue weighted by atomic mass is 79.9. The molecule has 1 aromatic rings. The number of hydrogen-bond donors (Lipinski definition) is 1. The van der Waals surface area contributed by atoms with Crippen LogP contribution in [0.25, 0.3) is 0 Å². The Morgan fingerprint density at radius 2 is 2.20 bits per heavy atom. The normalized spacial score (nSPS) is 10.1. The Kier molecular flexibility index (Phi) is 4.27. The molecule has 0 aliphatic heterocycles. The summed E-state index contributed by atoms with van der Waals surface area (Å²) in [5, 5.41) is 2.64. The number of rotatable bonds is 3. The van der Waals surface area contributed by atoms with Gasteiger partial charge in [-0.2, -0.15) is 0 Å². The summed E-state index contributed by atoms with van der Waals surface area (Å²) in [5.41, 5.74) is 0.862. The lowest BCUT2D eigenvalue weighted by Gasteiger charge is -2.06. The molecule has 0 saturated heterocycles. The second-order valence-electron chi connectivity index (χ2n) is 3.34. The molecule has 1 aromatic carbocycles. The van der Waals surface area contributed by atoms with Crippen LogP contribution in [0.2, 0.25) is 0 Å². The van der Waals surface area contributed by atoms with Crippen LogP contribution in [-0.4, -0.2) is 12.5 Å². The van der Waals surface area contributed by atoms with Gasteiger partial charge in [-0.3, -0.25) is 4.79 Å². The van der Waals surface area contributed by atoms with Crippen molar-refractivity contribution in [2.75, 3.05) is 6.54 Å². The maximum absolute atomic E-state index is 13.4. The second-order valence-corrected chi connectivity index (χ2v) is 4.19. The van der Waals surface area contributed by atoms with Crippen molar-refractivity contribution in [1.82, 2.24) is 5.32 Å². The van der Waals surface area contributed by atoms with Gasteiger partial charge in [0.05, 0.1) is 5.56 Å². The molecule has 0 saturated carbocycles. The smallest absolute Gasteiger partial charge is 0.254 e. The van der Waals surface area contributed by atoms with E-state index in [0.717, 1.165) is 16.5 Å². The highest BCUT2D eigenvalue weighted by Crippen LogP contribution is 2.20. The lowest BCUT2D eigenvalue weighted by molar-refractivity contribution is 0.0949. The van der Waals surface area contributed by atoms with E-state index in [-0.39, 0.29) is 11.5 Å². The first kappa shape index (κ1) is 12.2. The summed E-state index contributed by atoms with van der Waals surface area (Å²) in [5.74, 6) is -0.848. The van der Waals surface area contributed by atoms with Crippen LogP contribution in [0.1, 0.15) is 29.3 Å². The minimum atomic E-state index is -0.482. The first-order chi connectivity index (χ1) is 7.06. The van der Waals surface area contributed by atoms with Gasteiger partial charge in [-0.15, -0.1) is 0 Å². The summed E-state index contributed by atoms with van der Waals surface area (Å²) < 4.78 is 14.2. The quantitative estimate of drug-likeness (QED) is 0.901. The molecule has 1 N–H and O–H groups in total. The summed E-state index contributed by atoms with van der Waals surface area (Å²) in [6, 6.07) is 2.86. The number of nitrogens with one attached hydrogen (secondary N) is 1. The van der Waals surface area contributed by atoms with Gasteiger partial charge in [0.25, 0.3) is 5.91 Å². The molecule has 0 spiro atoms. The number of carbonyl (C=O) groups is 1. The maximum atomic E-state index is 13.4. The molecule has 0 heterocycles. The van der Waals surface area contributed by atoms with Gasteiger partial charge in [-0.1, -0.05) is 22.9 Å². The first-order valence-electron chi connectivity index (χ1n) is 4.80. The topological polar surface area (TPSA) is 29.1 Å². The standard InChI is InChI=1S/C11H13BrFNO/c1-3-4-14-11(15)8-6-9(12)7(2)5-10(8)13/h5-6H,3-4H2,1-2H3,(H,14,15).